The van der Waals surface area contributed by atoms with Crippen LogP contribution in [-0.2, 0) is 0 Å². The van der Waals surface area contributed by atoms with Crippen molar-refractivity contribution in [3.63, 3.8) is 0 Å². The molecule has 1 aromatic heterocycles. The van der Waals surface area contributed by atoms with Crippen molar-refractivity contribution in [3.8, 4) is 0 Å². The van der Waals surface area contributed by atoms with E-state index in [2.05, 4.69) is 14.8 Å². The molecular weight excluding hydrogens is 246 g/mol. The maximum atomic E-state index is 11.5. The van der Waals surface area contributed by atoms with Crippen molar-refractivity contribution >= 4 is 22.3 Å². The Bertz CT molecular complexity index is 471. The molecule has 0 saturated carbocycles. The number of fused-ring (bicyclic) bond motifs is 1. The molecular formula is C13H19N3OS. The number of rotatable bonds is 2. The fraction of sp³-hybridized carbons (Fsp3) is 0.692. The summed E-state index contributed by atoms with van der Waals surface area (Å²) in [4.78, 5) is 21.8. The van der Waals surface area contributed by atoms with Gasteiger partial charge in [0, 0.05) is 32.6 Å². The number of ketones is 1. The molecule has 0 aliphatic carbocycles. The lowest BCUT2D eigenvalue weighted by atomic mass is 10.2. The number of carbonyl (C=O) groups excluding carboxylic acids is 1. The van der Waals surface area contributed by atoms with E-state index in [9.17, 15) is 4.79 Å². The second-order valence-corrected chi connectivity index (χ2v) is 6.22. The Morgan fingerprint density at radius 1 is 1.39 bits per heavy atom. The molecule has 1 unspecified atom stereocenters. The van der Waals surface area contributed by atoms with Gasteiger partial charge in [0.2, 0.25) is 0 Å². The Labute approximate surface area is 112 Å². The lowest BCUT2D eigenvalue weighted by Gasteiger charge is -2.37. The van der Waals surface area contributed by atoms with Crippen LogP contribution in [0.1, 0.15) is 35.1 Å². The monoisotopic (exact) mass is 265 g/mol. The largest absolute Gasteiger partial charge is 0.345 e. The number of aryl methyl sites for hydroxylation is 1. The highest BCUT2D eigenvalue weighted by atomic mass is 32.1. The van der Waals surface area contributed by atoms with Gasteiger partial charge in [0.05, 0.1) is 10.6 Å². The van der Waals surface area contributed by atoms with Gasteiger partial charge in [0.1, 0.15) is 0 Å². The SMILES string of the molecule is CC(=O)c1sc(N2CCN3CCCC3C2)nc1C. The zero-order valence-electron chi connectivity index (χ0n) is 11.0. The van der Waals surface area contributed by atoms with Crippen LogP contribution in [0.15, 0.2) is 0 Å². The van der Waals surface area contributed by atoms with Crippen molar-refractivity contribution in [1.82, 2.24) is 9.88 Å². The van der Waals surface area contributed by atoms with Crippen molar-refractivity contribution in [2.45, 2.75) is 32.7 Å². The van der Waals surface area contributed by atoms with E-state index in [0.717, 1.165) is 35.3 Å². The number of anilines is 1. The number of thiazole rings is 1. The van der Waals surface area contributed by atoms with Crippen LogP contribution in [0.5, 0.6) is 0 Å². The fourth-order valence-corrected chi connectivity index (χ4v) is 4.01. The maximum absolute atomic E-state index is 11.5. The first-order valence-corrected chi connectivity index (χ1v) is 7.44. The number of Topliss-reactive ketones (excluding diaryl/α,β-unsaturated/α-hetero) is 1. The number of hydrogen-bond acceptors (Lipinski definition) is 5. The van der Waals surface area contributed by atoms with Gasteiger partial charge in [-0.25, -0.2) is 4.98 Å². The van der Waals surface area contributed by atoms with Crippen LogP contribution in [0.25, 0.3) is 0 Å². The number of aromatic nitrogens is 1. The van der Waals surface area contributed by atoms with Gasteiger partial charge >= 0.3 is 0 Å². The van der Waals surface area contributed by atoms with Crippen molar-refractivity contribution in [1.29, 1.82) is 0 Å². The maximum Gasteiger partial charge on any atom is 0.186 e. The summed E-state index contributed by atoms with van der Waals surface area (Å²) in [7, 11) is 0. The molecule has 0 aromatic carbocycles. The van der Waals surface area contributed by atoms with Crippen molar-refractivity contribution in [2.24, 2.45) is 0 Å². The van der Waals surface area contributed by atoms with Gasteiger partial charge < -0.3 is 4.90 Å². The summed E-state index contributed by atoms with van der Waals surface area (Å²) in [5, 5.41) is 1.03. The zero-order valence-corrected chi connectivity index (χ0v) is 11.8. The molecule has 2 aliphatic rings. The molecule has 2 fully saturated rings. The zero-order chi connectivity index (χ0) is 12.7. The number of piperazine rings is 1. The van der Waals surface area contributed by atoms with Gasteiger partial charge in [-0.05, 0) is 26.3 Å². The molecule has 3 rings (SSSR count). The van der Waals surface area contributed by atoms with E-state index in [4.69, 9.17) is 0 Å². The topological polar surface area (TPSA) is 36.4 Å². The molecule has 0 bridgehead atoms. The first-order chi connectivity index (χ1) is 8.65. The Morgan fingerprint density at radius 3 is 2.94 bits per heavy atom. The summed E-state index contributed by atoms with van der Waals surface area (Å²) in [6.07, 6.45) is 2.63. The Hall–Kier alpha value is -0.940. The lowest BCUT2D eigenvalue weighted by Crippen LogP contribution is -2.50. The molecule has 4 nitrogen and oxygen atoms in total. The molecule has 1 aromatic rings. The van der Waals surface area contributed by atoms with Gasteiger partial charge in [0.25, 0.3) is 0 Å². The first-order valence-electron chi connectivity index (χ1n) is 6.62. The van der Waals surface area contributed by atoms with E-state index in [-0.39, 0.29) is 5.78 Å². The van der Waals surface area contributed by atoms with Crippen molar-refractivity contribution < 1.29 is 4.79 Å². The predicted molar refractivity (Wildman–Crippen MR) is 73.7 cm³/mol. The molecule has 0 N–H and O–H groups in total. The highest BCUT2D eigenvalue weighted by molar-refractivity contribution is 7.17. The summed E-state index contributed by atoms with van der Waals surface area (Å²) < 4.78 is 0. The molecule has 2 aliphatic heterocycles. The molecule has 0 spiro atoms. The standard InChI is InChI=1S/C13H19N3OS/c1-9-12(10(2)17)18-13(14-9)16-7-6-15-5-3-4-11(15)8-16/h11H,3-8H2,1-2H3. The average molecular weight is 265 g/mol. The van der Waals surface area contributed by atoms with E-state index in [1.807, 2.05) is 6.92 Å². The number of nitrogens with zero attached hydrogens (tertiary/aromatic N) is 3. The molecule has 98 valence electrons. The third-order valence-electron chi connectivity index (χ3n) is 3.96. The number of carbonyl (C=O) groups is 1. The Kier molecular flexibility index (Phi) is 3.11. The van der Waals surface area contributed by atoms with Gasteiger partial charge in [-0.2, -0.15) is 0 Å². The Balaban J connectivity index is 1.78. The second-order valence-electron chi connectivity index (χ2n) is 5.25. The summed E-state index contributed by atoms with van der Waals surface area (Å²) >= 11 is 1.56. The van der Waals surface area contributed by atoms with Crippen LogP contribution >= 0.6 is 11.3 Å². The average Bonchev–Trinajstić information content (AvgIpc) is 2.93. The van der Waals surface area contributed by atoms with Gasteiger partial charge in [-0.1, -0.05) is 11.3 Å². The second kappa shape index (κ2) is 4.63. The van der Waals surface area contributed by atoms with Crippen LogP contribution in [0.4, 0.5) is 5.13 Å². The van der Waals surface area contributed by atoms with Crippen molar-refractivity contribution in [2.75, 3.05) is 31.1 Å². The van der Waals surface area contributed by atoms with Gasteiger partial charge in [-0.15, -0.1) is 0 Å². The summed E-state index contributed by atoms with van der Waals surface area (Å²) in [6, 6.07) is 0.698. The van der Waals surface area contributed by atoms with Gasteiger partial charge in [-0.3, -0.25) is 9.69 Å². The molecule has 0 radical (unpaired) electrons. The van der Waals surface area contributed by atoms with Crippen LogP contribution in [-0.4, -0.2) is 47.9 Å². The first kappa shape index (κ1) is 12.1. The summed E-state index contributed by atoms with van der Waals surface area (Å²) in [6.45, 7) is 8.07. The molecule has 5 heteroatoms. The summed E-state index contributed by atoms with van der Waals surface area (Å²) in [5.74, 6) is 0.135. The van der Waals surface area contributed by atoms with Crippen LogP contribution in [0.2, 0.25) is 0 Å². The summed E-state index contributed by atoms with van der Waals surface area (Å²) in [5.41, 5.74) is 0.886. The smallest absolute Gasteiger partial charge is 0.186 e. The van der Waals surface area contributed by atoms with E-state index in [1.165, 1.54) is 19.4 Å². The Morgan fingerprint density at radius 2 is 2.22 bits per heavy atom. The fourth-order valence-electron chi connectivity index (χ4n) is 3.01. The highest BCUT2D eigenvalue weighted by Gasteiger charge is 2.31. The normalized spacial score (nSPS) is 24.3. The van der Waals surface area contributed by atoms with Crippen LogP contribution in [0.3, 0.4) is 0 Å². The minimum Gasteiger partial charge on any atom is -0.345 e. The van der Waals surface area contributed by atoms with E-state index in [1.54, 1.807) is 18.3 Å². The number of hydrogen-bond donors (Lipinski definition) is 0. The van der Waals surface area contributed by atoms with Crippen molar-refractivity contribution in [3.05, 3.63) is 10.6 Å². The third kappa shape index (κ3) is 2.06. The predicted octanol–water partition coefficient (Wildman–Crippen LogP) is 1.94. The van der Waals surface area contributed by atoms with Gasteiger partial charge in [0.15, 0.2) is 10.9 Å². The van der Waals surface area contributed by atoms with E-state index in [0.29, 0.717) is 6.04 Å². The van der Waals surface area contributed by atoms with E-state index < -0.39 is 0 Å². The van der Waals surface area contributed by atoms with Crippen LogP contribution < -0.4 is 4.90 Å². The molecule has 0 amide bonds. The van der Waals surface area contributed by atoms with Crippen LogP contribution in [0, 0.1) is 6.92 Å². The molecule has 3 heterocycles. The molecule has 2 saturated heterocycles. The minimum absolute atomic E-state index is 0.135. The highest BCUT2D eigenvalue weighted by Crippen LogP contribution is 2.30. The lowest BCUT2D eigenvalue weighted by molar-refractivity contribution is 0.102. The molecule has 1 atom stereocenters. The molecule has 18 heavy (non-hydrogen) atoms. The quantitative estimate of drug-likeness (QED) is 0.766. The third-order valence-corrected chi connectivity index (χ3v) is 5.28. The van der Waals surface area contributed by atoms with E-state index >= 15 is 0 Å². The minimum atomic E-state index is 0.135.